The van der Waals surface area contributed by atoms with Crippen molar-refractivity contribution in [2.75, 3.05) is 0 Å². The molecule has 0 aromatic heterocycles. The van der Waals surface area contributed by atoms with E-state index in [1.54, 1.807) is 24.3 Å². The monoisotopic (exact) mass is 381 g/mol. The summed E-state index contributed by atoms with van der Waals surface area (Å²) < 4.78 is 0. The van der Waals surface area contributed by atoms with Gasteiger partial charge in [-0.2, -0.15) is 12.6 Å². The molecular weight excluding hydrogens is 362 g/mol. The number of carbonyl (C=O) groups excluding carboxylic acids is 1. The largest absolute Gasteiger partial charge is 0.345 e. The number of hydrogen-bond acceptors (Lipinski definition) is 2. The van der Waals surface area contributed by atoms with Gasteiger partial charge in [0, 0.05) is 15.8 Å². The Kier molecular flexibility index (Phi) is 6.37. The number of nitrogens with one attached hydrogen (secondary N) is 1. The van der Waals surface area contributed by atoms with Gasteiger partial charge in [0.05, 0.1) is 6.04 Å². The molecule has 3 aromatic carbocycles. The third-order valence-corrected chi connectivity index (χ3v) is 5.02. The van der Waals surface area contributed by atoms with Gasteiger partial charge in [-0.3, -0.25) is 4.79 Å². The van der Waals surface area contributed by atoms with Gasteiger partial charge >= 0.3 is 0 Å². The summed E-state index contributed by atoms with van der Waals surface area (Å²) in [6.45, 7) is 0. The van der Waals surface area contributed by atoms with Crippen molar-refractivity contribution in [1.82, 2.24) is 5.32 Å². The molecule has 0 spiro atoms. The van der Waals surface area contributed by atoms with Crippen molar-refractivity contribution >= 4 is 30.1 Å². The van der Waals surface area contributed by atoms with E-state index in [0.29, 0.717) is 17.0 Å². The zero-order chi connectivity index (χ0) is 18.4. The normalized spacial score (nSPS) is 13.0. The van der Waals surface area contributed by atoms with E-state index >= 15 is 0 Å². The Bertz CT molecular complexity index is 837. The number of rotatable bonds is 6. The van der Waals surface area contributed by atoms with Crippen molar-refractivity contribution in [3.05, 3.63) is 107 Å². The van der Waals surface area contributed by atoms with Gasteiger partial charge in [0.25, 0.3) is 5.91 Å². The Morgan fingerprint density at radius 2 is 1.38 bits per heavy atom. The maximum atomic E-state index is 12.7. The molecule has 132 valence electrons. The Morgan fingerprint density at radius 1 is 0.846 bits per heavy atom. The van der Waals surface area contributed by atoms with Gasteiger partial charge in [0.15, 0.2) is 0 Å². The average molecular weight is 382 g/mol. The van der Waals surface area contributed by atoms with Crippen LogP contribution in [0.4, 0.5) is 0 Å². The molecule has 2 atom stereocenters. The standard InChI is InChI=1S/C22H20ClNOS/c23-19-13-11-18(12-14-19)22(25)24-20(16-7-3-1-4-8-16)15-21(26)17-9-5-2-6-10-17/h1-14,20-21,26H,15H2,(H,24,25)/t20-,21+/m0/s1. The number of thiol groups is 1. The van der Waals surface area contributed by atoms with Gasteiger partial charge in [-0.1, -0.05) is 72.3 Å². The predicted octanol–water partition coefficient (Wildman–Crippen LogP) is 5.87. The third-order valence-electron chi connectivity index (χ3n) is 4.26. The van der Waals surface area contributed by atoms with Crippen molar-refractivity contribution in [2.24, 2.45) is 0 Å². The fraction of sp³-hybridized carbons (Fsp3) is 0.136. The molecule has 0 fully saturated rings. The van der Waals surface area contributed by atoms with Crippen LogP contribution in [-0.2, 0) is 0 Å². The molecule has 3 rings (SSSR count). The molecule has 3 aromatic rings. The first kappa shape index (κ1) is 18.6. The molecule has 0 saturated carbocycles. The lowest BCUT2D eigenvalue weighted by atomic mass is 9.98. The zero-order valence-electron chi connectivity index (χ0n) is 14.2. The minimum atomic E-state index is -0.137. The fourth-order valence-electron chi connectivity index (χ4n) is 2.84. The van der Waals surface area contributed by atoms with Crippen molar-refractivity contribution in [1.29, 1.82) is 0 Å². The smallest absolute Gasteiger partial charge is 0.251 e. The number of carbonyl (C=O) groups is 1. The minimum Gasteiger partial charge on any atom is -0.345 e. The summed E-state index contributed by atoms with van der Waals surface area (Å²) in [6.07, 6.45) is 0.691. The predicted molar refractivity (Wildman–Crippen MR) is 111 cm³/mol. The summed E-state index contributed by atoms with van der Waals surface area (Å²) >= 11 is 10.7. The molecule has 0 aliphatic heterocycles. The lowest BCUT2D eigenvalue weighted by Gasteiger charge is -2.23. The molecule has 0 bridgehead atoms. The topological polar surface area (TPSA) is 29.1 Å². The van der Waals surface area contributed by atoms with Crippen LogP contribution >= 0.6 is 24.2 Å². The quantitative estimate of drug-likeness (QED) is 0.513. The highest BCUT2D eigenvalue weighted by atomic mass is 35.5. The van der Waals surface area contributed by atoms with Crippen LogP contribution in [0, 0.1) is 0 Å². The lowest BCUT2D eigenvalue weighted by Crippen LogP contribution is -2.29. The van der Waals surface area contributed by atoms with Gasteiger partial charge < -0.3 is 5.32 Å². The summed E-state index contributed by atoms with van der Waals surface area (Å²) in [7, 11) is 0. The van der Waals surface area contributed by atoms with E-state index in [9.17, 15) is 4.79 Å². The molecule has 1 N–H and O–H groups in total. The highest BCUT2D eigenvalue weighted by Gasteiger charge is 2.20. The van der Waals surface area contributed by atoms with Gasteiger partial charge in [-0.05, 0) is 41.8 Å². The van der Waals surface area contributed by atoms with Crippen LogP contribution in [0.3, 0.4) is 0 Å². The third kappa shape index (κ3) is 4.90. The molecule has 0 saturated heterocycles. The van der Waals surface area contributed by atoms with Crippen LogP contribution in [0.25, 0.3) is 0 Å². The molecule has 0 aliphatic rings. The van der Waals surface area contributed by atoms with E-state index in [0.717, 1.165) is 11.1 Å². The summed E-state index contributed by atoms with van der Waals surface area (Å²) in [6, 6.07) is 26.9. The van der Waals surface area contributed by atoms with Crippen LogP contribution in [0.15, 0.2) is 84.9 Å². The van der Waals surface area contributed by atoms with Crippen LogP contribution < -0.4 is 5.32 Å². The van der Waals surface area contributed by atoms with E-state index < -0.39 is 0 Å². The van der Waals surface area contributed by atoms with Crippen molar-refractivity contribution < 1.29 is 4.79 Å². The number of amides is 1. The Labute approximate surface area is 164 Å². The first-order valence-electron chi connectivity index (χ1n) is 8.48. The molecule has 1 amide bonds. The summed E-state index contributed by atoms with van der Waals surface area (Å²) in [5.41, 5.74) is 2.79. The molecule has 0 heterocycles. The number of halogens is 1. The first-order chi connectivity index (χ1) is 12.6. The van der Waals surface area contributed by atoms with Gasteiger partial charge in [0.2, 0.25) is 0 Å². The molecule has 0 aliphatic carbocycles. The van der Waals surface area contributed by atoms with E-state index in [1.807, 2.05) is 48.5 Å². The molecule has 2 nitrogen and oxygen atoms in total. The van der Waals surface area contributed by atoms with Gasteiger partial charge in [0.1, 0.15) is 0 Å². The Morgan fingerprint density at radius 3 is 1.96 bits per heavy atom. The molecular formula is C22H20ClNOS. The summed E-state index contributed by atoms with van der Waals surface area (Å²) in [5.74, 6) is -0.121. The highest BCUT2D eigenvalue weighted by Crippen LogP contribution is 2.31. The Balaban J connectivity index is 1.79. The van der Waals surface area contributed by atoms with Crippen LogP contribution in [-0.4, -0.2) is 5.91 Å². The second-order valence-electron chi connectivity index (χ2n) is 6.11. The molecule has 0 unspecified atom stereocenters. The minimum absolute atomic E-state index is 0.0203. The second-order valence-corrected chi connectivity index (χ2v) is 7.17. The average Bonchev–Trinajstić information content (AvgIpc) is 2.69. The Hall–Kier alpha value is -2.23. The first-order valence-corrected chi connectivity index (χ1v) is 9.37. The zero-order valence-corrected chi connectivity index (χ0v) is 15.8. The second kappa shape index (κ2) is 8.93. The summed E-state index contributed by atoms with van der Waals surface area (Å²) in [5, 5.41) is 3.77. The van der Waals surface area contributed by atoms with Gasteiger partial charge in [-0.25, -0.2) is 0 Å². The van der Waals surface area contributed by atoms with E-state index in [4.69, 9.17) is 24.2 Å². The van der Waals surface area contributed by atoms with E-state index in [2.05, 4.69) is 17.4 Å². The SMILES string of the molecule is O=C(N[C@@H](C[C@@H](S)c1ccccc1)c1ccccc1)c1ccc(Cl)cc1. The van der Waals surface area contributed by atoms with Crippen molar-refractivity contribution in [3.63, 3.8) is 0 Å². The summed E-state index contributed by atoms with van der Waals surface area (Å²) in [4.78, 5) is 12.7. The van der Waals surface area contributed by atoms with E-state index in [1.165, 1.54) is 0 Å². The van der Waals surface area contributed by atoms with Crippen molar-refractivity contribution in [2.45, 2.75) is 17.7 Å². The highest BCUT2D eigenvalue weighted by molar-refractivity contribution is 7.80. The number of benzene rings is 3. The van der Waals surface area contributed by atoms with E-state index in [-0.39, 0.29) is 17.2 Å². The lowest BCUT2D eigenvalue weighted by molar-refractivity contribution is 0.0934. The maximum Gasteiger partial charge on any atom is 0.251 e. The fourth-order valence-corrected chi connectivity index (χ4v) is 3.35. The maximum absolute atomic E-state index is 12.7. The molecule has 26 heavy (non-hydrogen) atoms. The number of hydrogen-bond donors (Lipinski definition) is 2. The van der Waals surface area contributed by atoms with Crippen molar-refractivity contribution in [3.8, 4) is 0 Å². The van der Waals surface area contributed by atoms with Crippen LogP contribution in [0.1, 0.15) is 39.2 Å². The molecule has 0 radical (unpaired) electrons. The van der Waals surface area contributed by atoms with Crippen LogP contribution in [0.5, 0.6) is 0 Å². The van der Waals surface area contributed by atoms with Gasteiger partial charge in [-0.15, -0.1) is 0 Å². The van der Waals surface area contributed by atoms with Crippen LogP contribution in [0.2, 0.25) is 5.02 Å². The molecule has 4 heteroatoms.